The van der Waals surface area contributed by atoms with Crippen LogP contribution in [0.5, 0.6) is 0 Å². The molecule has 0 radical (unpaired) electrons. The number of benzene rings is 1. The third-order valence-corrected chi connectivity index (χ3v) is 3.43. The molecule has 0 aromatic heterocycles. The van der Waals surface area contributed by atoms with Gasteiger partial charge in [-0.25, -0.2) is 0 Å². The monoisotopic (exact) mass is 202 g/mol. The maximum absolute atomic E-state index is 2.31. The molecule has 0 amide bonds. The van der Waals surface area contributed by atoms with Gasteiger partial charge in [0.2, 0.25) is 0 Å². The van der Waals surface area contributed by atoms with E-state index < -0.39 is 0 Å². The summed E-state index contributed by atoms with van der Waals surface area (Å²) in [6.45, 7) is 11.4. The predicted molar refractivity (Wildman–Crippen MR) is 68.7 cm³/mol. The summed E-state index contributed by atoms with van der Waals surface area (Å²) in [7, 11) is 0. The zero-order valence-corrected chi connectivity index (χ0v) is 10.5. The van der Waals surface area contributed by atoms with E-state index in [1.807, 2.05) is 6.07 Å². The van der Waals surface area contributed by atoms with Gasteiger partial charge in [0.05, 0.1) is 0 Å². The van der Waals surface area contributed by atoms with Crippen molar-refractivity contribution in [2.24, 2.45) is 10.8 Å². The molecule has 1 rings (SSSR count). The summed E-state index contributed by atoms with van der Waals surface area (Å²) in [4.78, 5) is 0. The molecule has 0 nitrogen and oxygen atoms in total. The van der Waals surface area contributed by atoms with Gasteiger partial charge in [-0.1, -0.05) is 77.1 Å². The molecule has 15 heavy (non-hydrogen) atoms. The minimum absolute atomic E-state index is 0.211. The van der Waals surface area contributed by atoms with Crippen LogP contribution in [0.25, 0.3) is 6.08 Å². The largest absolute Gasteiger partial charge is 0.0777 e. The molecule has 0 aliphatic rings. The Morgan fingerprint density at radius 3 is 1.87 bits per heavy atom. The highest BCUT2D eigenvalue weighted by Crippen LogP contribution is 2.39. The Kier molecular flexibility index (Phi) is 3.38. The van der Waals surface area contributed by atoms with Crippen LogP contribution in [0.4, 0.5) is 0 Å². The molecule has 0 bridgehead atoms. The van der Waals surface area contributed by atoms with Crippen LogP contribution in [0, 0.1) is 10.8 Å². The van der Waals surface area contributed by atoms with Gasteiger partial charge in [0, 0.05) is 0 Å². The highest BCUT2D eigenvalue weighted by Gasteiger charge is 2.29. The molecule has 0 saturated carbocycles. The second-order valence-corrected chi connectivity index (χ2v) is 5.72. The lowest BCUT2D eigenvalue weighted by Gasteiger charge is -2.36. The van der Waals surface area contributed by atoms with Gasteiger partial charge in [-0.2, -0.15) is 0 Å². The summed E-state index contributed by atoms with van der Waals surface area (Å²) in [5.41, 5.74) is 1.77. The van der Waals surface area contributed by atoms with Crippen LogP contribution in [0.15, 0.2) is 36.4 Å². The number of hydrogen-bond donors (Lipinski definition) is 0. The van der Waals surface area contributed by atoms with Gasteiger partial charge < -0.3 is 0 Å². The molecule has 0 aliphatic carbocycles. The first-order chi connectivity index (χ1) is 6.83. The Morgan fingerprint density at radius 1 is 0.867 bits per heavy atom. The van der Waals surface area contributed by atoms with Crippen LogP contribution in [-0.4, -0.2) is 0 Å². The topological polar surface area (TPSA) is 0 Å². The van der Waals surface area contributed by atoms with E-state index in [4.69, 9.17) is 0 Å². The van der Waals surface area contributed by atoms with E-state index in [2.05, 4.69) is 71.0 Å². The quantitative estimate of drug-likeness (QED) is 0.648. The van der Waals surface area contributed by atoms with Gasteiger partial charge in [-0.15, -0.1) is 0 Å². The second kappa shape index (κ2) is 4.22. The fraction of sp³-hybridized carbons (Fsp3) is 0.467. The highest BCUT2D eigenvalue weighted by atomic mass is 14.3. The summed E-state index contributed by atoms with van der Waals surface area (Å²) < 4.78 is 0. The lowest BCUT2D eigenvalue weighted by molar-refractivity contribution is 0.194. The molecule has 0 saturated heterocycles. The zero-order chi connectivity index (χ0) is 11.5. The first-order valence-electron chi connectivity index (χ1n) is 5.57. The van der Waals surface area contributed by atoms with Gasteiger partial charge >= 0.3 is 0 Å². The minimum atomic E-state index is 0.211. The first kappa shape index (κ1) is 12.0. The molecule has 0 spiro atoms. The molecule has 1 aromatic rings. The van der Waals surface area contributed by atoms with Gasteiger partial charge in [-0.05, 0) is 16.4 Å². The minimum Gasteiger partial charge on any atom is -0.0777 e. The molecular weight excluding hydrogens is 180 g/mol. The van der Waals surface area contributed by atoms with Crippen LogP contribution < -0.4 is 0 Å². The van der Waals surface area contributed by atoms with Crippen LogP contribution in [-0.2, 0) is 0 Å². The normalized spacial score (nSPS) is 13.4. The molecule has 0 unspecified atom stereocenters. The van der Waals surface area contributed by atoms with E-state index in [1.165, 1.54) is 5.56 Å². The van der Waals surface area contributed by atoms with Crippen molar-refractivity contribution >= 4 is 6.08 Å². The van der Waals surface area contributed by atoms with E-state index in [1.54, 1.807) is 0 Å². The number of hydrogen-bond acceptors (Lipinski definition) is 0. The van der Waals surface area contributed by atoms with E-state index in [0.717, 1.165) is 0 Å². The Hall–Kier alpha value is -1.04. The van der Waals surface area contributed by atoms with Crippen molar-refractivity contribution in [3.8, 4) is 0 Å². The summed E-state index contributed by atoms with van der Waals surface area (Å²) in [5.74, 6) is 0. The highest BCUT2D eigenvalue weighted by molar-refractivity contribution is 5.49. The fourth-order valence-electron chi connectivity index (χ4n) is 1.12. The van der Waals surface area contributed by atoms with E-state index in [9.17, 15) is 0 Å². The van der Waals surface area contributed by atoms with Gasteiger partial charge in [-0.3, -0.25) is 0 Å². The van der Waals surface area contributed by atoms with Crippen molar-refractivity contribution in [3.05, 3.63) is 42.0 Å². The smallest absolute Gasteiger partial charge is 0.0123 e. The average Bonchev–Trinajstić information content (AvgIpc) is 2.15. The number of allylic oxidation sites excluding steroid dienone is 1. The van der Waals surface area contributed by atoms with Gasteiger partial charge in [0.25, 0.3) is 0 Å². The maximum Gasteiger partial charge on any atom is -0.0123 e. The second-order valence-electron chi connectivity index (χ2n) is 5.72. The third-order valence-electron chi connectivity index (χ3n) is 3.43. The molecule has 0 aliphatic heterocycles. The molecule has 0 N–H and O–H groups in total. The van der Waals surface area contributed by atoms with Crippen LogP contribution in [0.1, 0.15) is 40.2 Å². The van der Waals surface area contributed by atoms with Gasteiger partial charge in [0.1, 0.15) is 0 Å². The zero-order valence-electron chi connectivity index (χ0n) is 10.5. The Balaban J connectivity index is 2.83. The summed E-state index contributed by atoms with van der Waals surface area (Å²) in [5, 5.41) is 0. The lowest BCUT2D eigenvalue weighted by atomic mass is 9.69. The summed E-state index contributed by atoms with van der Waals surface area (Å²) in [6.07, 6.45) is 4.52. The van der Waals surface area contributed by atoms with E-state index >= 15 is 0 Å². The number of rotatable bonds is 2. The average molecular weight is 202 g/mol. The van der Waals surface area contributed by atoms with Crippen LogP contribution in [0.3, 0.4) is 0 Å². The molecule has 0 heterocycles. The van der Waals surface area contributed by atoms with Crippen molar-refractivity contribution in [3.63, 3.8) is 0 Å². The van der Waals surface area contributed by atoms with Crippen molar-refractivity contribution < 1.29 is 0 Å². The molecule has 0 fully saturated rings. The van der Waals surface area contributed by atoms with Crippen LogP contribution >= 0.6 is 0 Å². The SMILES string of the molecule is CC(C)(C)C(C)(C)/C=C/c1ccccc1. The molecule has 1 aromatic carbocycles. The fourth-order valence-corrected chi connectivity index (χ4v) is 1.12. The Morgan fingerprint density at radius 2 is 1.40 bits per heavy atom. The van der Waals surface area contributed by atoms with Crippen molar-refractivity contribution in [1.29, 1.82) is 0 Å². The molecule has 82 valence electrons. The Bertz CT molecular complexity index is 323. The maximum atomic E-state index is 2.31. The van der Waals surface area contributed by atoms with E-state index in [-0.39, 0.29) is 10.8 Å². The molecule has 0 heteroatoms. The third kappa shape index (κ3) is 3.23. The summed E-state index contributed by atoms with van der Waals surface area (Å²) >= 11 is 0. The molecular formula is C15H22. The standard InChI is InChI=1S/C15H22/c1-14(2,3)15(4,5)12-11-13-9-7-6-8-10-13/h6-12H,1-5H3/b12-11+. The lowest BCUT2D eigenvalue weighted by Crippen LogP contribution is -2.27. The van der Waals surface area contributed by atoms with Crippen molar-refractivity contribution in [2.75, 3.05) is 0 Å². The molecule has 0 atom stereocenters. The summed E-state index contributed by atoms with van der Waals surface area (Å²) in [6, 6.07) is 10.5. The predicted octanol–water partition coefficient (Wildman–Crippen LogP) is 4.77. The van der Waals surface area contributed by atoms with Crippen LogP contribution in [0.2, 0.25) is 0 Å². The van der Waals surface area contributed by atoms with E-state index in [0.29, 0.717) is 0 Å². The van der Waals surface area contributed by atoms with Crippen molar-refractivity contribution in [2.45, 2.75) is 34.6 Å². The van der Waals surface area contributed by atoms with Gasteiger partial charge in [0.15, 0.2) is 0 Å². The van der Waals surface area contributed by atoms with Crippen molar-refractivity contribution in [1.82, 2.24) is 0 Å². The first-order valence-corrected chi connectivity index (χ1v) is 5.57. The Labute approximate surface area is 94.0 Å².